The number of primary sulfonamides is 1. The molecule has 0 aliphatic heterocycles. The number of ketones is 1. The highest BCUT2D eigenvalue weighted by molar-refractivity contribution is 7.89. The number of aromatic nitrogens is 1. The number of nitrogens with two attached hydrogens (primary N) is 1. The largest absolute Gasteiger partial charge is 0.298 e. The molecule has 3 aromatic carbocycles. The van der Waals surface area contributed by atoms with Gasteiger partial charge in [0.15, 0.2) is 10.9 Å². The molecule has 7 nitrogen and oxygen atoms in total. The van der Waals surface area contributed by atoms with Crippen LogP contribution in [0, 0.1) is 0 Å². The second-order valence-corrected chi connectivity index (χ2v) is 8.98. The Morgan fingerprint density at radius 2 is 1.57 bits per heavy atom. The fourth-order valence-corrected chi connectivity index (χ4v) is 4.44. The maximum atomic E-state index is 12.9. The van der Waals surface area contributed by atoms with E-state index < -0.39 is 15.9 Å². The molecular formula is C21H15N3O4S2. The number of carbonyl (C=O) groups is 2. The fraction of sp³-hybridized carbons (Fsp3) is 0. The first-order valence-electron chi connectivity index (χ1n) is 8.76. The standard InChI is InChI=1S/C21H15N3O4S2/c22-30(27,28)14-10-11-17-18(12-14)29-21(23-17)24-20(26)16-9-5-4-8-15(16)19(25)13-6-2-1-3-7-13/h1-12H,(H2,22,27,28)(H,23,24,26). The maximum Gasteiger partial charge on any atom is 0.258 e. The van der Waals surface area contributed by atoms with Gasteiger partial charge in [0.25, 0.3) is 5.91 Å². The minimum atomic E-state index is -3.84. The summed E-state index contributed by atoms with van der Waals surface area (Å²) in [6.07, 6.45) is 0. The molecule has 4 aromatic rings. The van der Waals surface area contributed by atoms with Crippen molar-refractivity contribution in [1.29, 1.82) is 0 Å². The maximum absolute atomic E-state index is 12.9. The second kappa shape index (κ2) is 7.79. The molecule has 0 saturated carbocycles. The van der Waals surface area contributed by atoms with Gasteiger partial charge in [-0.1, -0.05) is 59.9 Å². The summed E-state index contributed by atoms with van der Waals surface area (Å²) in [7, 11) is -3.84. The van der Waals surface area contributed by atoms with Crippen LogP contribution >= 0.6 is 11.3 Å². The van der Waals surface area contributed by atoms with Gasteiger partial charge in [-0.05, 0) is 24.3 Å². The number of nitrogens with zero attached hydrogens (tertiary/aromatic N) is 1. The van der Waals surface area contributed by atoms with E-state index in [4.69, 9.17) is 5.14 Å². The zero-order valence-corrected chi connectivity index (χ0v) is 17.0. The minimum Gasteiger partial charge on any atom is -0.298 e. The third-order valence-corrected chi connectivity index (χ3v) is 6.21. The predicted octanol–water partition coefficient (Wildman–Crippen LogP) is 3.43. The van der Waals surface area contributed by atoms with Crippen LogP contribution in [-0.2, 0) is 10.0 Å². The quantitative estimate of drug-likeness (QED) is 0.464. The van der Waals surface area contributed by atoms with Crippen molar-refractivity contribution < 1.29 is 18.0 Å². The zero-order chi connectivity index (χ0) is 21.3. The summed E-state index contributed by atoms with van der Waals surface area (Å²) >= 11 is 1.11. The number of rotatable bonds is 5. The average Bonchev–Trinajstić information content (AvgIpc) is 3.14. The molecule has 0 fully saturated rings. The van der Waals surface area contributed by atoms with Gasteiger partial charge in [0.2, 0.25) is 10.0 Å². The summed E-state index contributed by atoms with van der Waals surface area (Å²) in [5, 5.41) is 8.13. The van der Waals surface area contributed by atoms with E-state index in [9.17, 15) is 18.0 Å². The topological polar surface area (TPSA) is 119 Å². The van der Waals surface area contributed by atoms with E-state index >= 15 is 0 Å². The first-order chi connectivity index (χ1) is 14.3. The zero-order valence-electron chi connectivity index (χ0n) is 15.4. The molecule has 0 radical (unpaired) electrons. The van der Waals surface area contributed by atoms with Crippen LogP contribution in [0.4, 0.5) is 5.13 Å². The number of hydrogen-bond acceptors (Lipinski definition) is 6. The van der Waals surface area contributed by atoms with Crippen molar-refractivity contribution in [1.82, 2.24) is 4.98 Å². The van der Waals surface area contributed by atoms with Gasteiger partial charge in [-0.2, -0.15) is 0 Å². The fourth-order valence-electron chi connectivity index (χ4n) is 2.92. The molecule has 0 unspecified atom stereocenters. The van der Waals surface area contributed by atoms with E-state index in [-0.39, 0.29) is 26.9 Å². The van der Waals surface area contributed by atoms with Crippen LogP contribution in [0.1, 0.15) is 26.3 Å². The average molecular weight is 438 g/mol. The molecule has 1 aromatic heterocycles. The highest BCUT2D eigenvalue weighted by Gasteiger charge is 2.19. The first kappa shape index (κ1) is 19.9. The molecule has 0 spiro atoms. The Balaban J connectivity index is 1.64. The number of nitrogens with one attached hydrogen (secondary N) is 1. The van der Waals surface area contributed by atoms with Gasteiger partial charge in [-0.25, -0.2) is 18.5 Å². The Labute approximate surface area is 176 Å². The van der Waals surface area contributed by atoms with Crippen LogP contribution < -0.4 is 10.5 Å². The van der Waals surface area contributed by atoms with Gasteiger partial charge in [0.1, 0.15) is 0 Å². The third kappa shape index (κ3) is 3.99. The van der Waals surface area contributed by atoms with Crippen LogP contribution in [0.25, 0.3) is 10.2 Å². The van der Waals surface area contributed by atoms with E-state index in [1.165, 1.54) is 18.2 Å². The smallest absolute Gasteiger partial charge is 0.258 e. The van der Waals surface area contributed by atoms with Gasteiger partial charge in [-0.3, -0.25) is 14.9 Å². The normalized spacial score (nSPS) is 11.4. The molecule has 0 aliphatic rings. The van der Waals surface area contributed by atoms with Gasteiger partial charge in [-0.15, -0.1) is 0 Å². The van der Waals surface area contributed by atoms with Crippen molar-refractivity contribution in [3.05, 3.63) is 89.5 Å². The second-order valence-electron chi connectivity index (χ2n) is 6.39. The molecule has 0 bridgehead atoms. The molecule has 150 valence electrons. The van der Waals surface area contributed by atoms with E-state index in [1.54, 1.807) is 48.5 Å². The lowest BCUT2D eigenvalue weighted by Gasteiger charge is -2.08. The van der Waals surface area contributed by atoms with Crippen LogP contribution in [-0.4, -0.2) is 25.1 Å². The van der Waals surface area contributed by atoms with E-state index in [2.05, 4.69) is 10.3 Å². The number of thiazole rings is 1. The van der Waals surface area contributed by atoms with Gasteiger partial charge < -0.3 is 0 Å². The molecule has 4 rings (SSSR count). The molecule has 9 heteroatoms. The van der Waals surface area contributed by atoms with E-state index in [1.807, 2.05) is 6.07 Å². The third-order valence-electron chi connectivity index (χ3n) is 4.36. The van der Waals surface area contributed by atoms with Gasteiger partial charge in [0, 0.05) is 11.1 Å². The summed E-state index contributed by atoms with van der Waals surface area (Å²) in [5.41, 5.74) is 1.50. The number of sulfonamides is 1. The van der Waals surface area contributed by atoms with Crippen molar-refractivity contribution in [3.63, 3.8) is 0 Å². The van der Waals surface area contributed by atoms with Gasteiger partial charge >= 0.3 is 0 Å². The van der Waals surface area contributed by atoms with Crippen molar-refractivity contribution in [2.24, 2.45) is 5.14 Å². The Kier molecular flexibility index (Phi) is 5.17. The van der Waals surface area contributed by atoms with E-state index in [0.29, 0.717) is 15.8 Å². The van der Waals surface area contributed by atoms with Gasteiger partial charge in [0.05, 0.1) is 20.7 Å². The molecule has 1 heterocycles. The van der Waals surface area contributed by atoms with Crippen molar-refractivity contribution in [2.75, 3.05) is 5.32 Å². The summed E-state index contributed by atoms with van der Waals surface area (Å²) in [6.45, 7) is 0. The monoisotopic (exact) mass is 437 g/mol. The Bertz CT molecular complexity index is 1380. The van der Waals surface area contributed by atoms with Crippen molar-refractivity contribution >= 4 is 48.4 Å². The van der Waals surface area contributed by atoms with Crippen molar-refractivity contribution in [3.8, 4) is 0 Å². The molecule has 0 atom stereocenters. The van der Waals surface area contributed by atoms with Crippen LogP contribution in [0.3, 0.4) is 0 Å². The summed E-state index contributed by atoms with van der Waals surface area (Å²) < 4.78 is 23.6. The molecule has 30 heavy (non-hydrogen) atoms. The molecule has 1 amide bonds. The predicted molar refractivity (Wildman–Crippen MR) is 115 cm³/mol. The molecular weight excluding hydrogens is 422 g/mol. The first-order valence-corrected chi connectivity index (χ1v) is 11.1. The summed E-state index contributed by atoms with van der Waals surface area (Å²) in [4.78, 5) is 30.0. The molecule has 0 saturated heterocycles. The molecule has 0 aliphatic carbocycles. The Hall–Kier alpha value is -3.40. The highest BCUT2D eigenvalue weighted by Crippen LogP contribution is 2.28. The lowest BCUT2D eigenvalue weighted by Crippen LogP contribution is -2.16. The summed E-state index contributed by atoms with van der Waals surface area (Å²) in [5.74, 6) is -0.746. The lowest BCUT2D eigenvalue weighted by atomic mass is 9.98. The van der Waals surface area contributed by atoms with Crippen LogP contribution in [0.5, 0.6) is 0 Å². The number of fused-ring (bicyclic) bond motifs is 1. The van der Waals surface area contributed by atoms with E-state index in [0.717, 1.165) is 11.3 Å². The number of benzene rings is 3. The number of hydrogen-bond donors (Lipinski definition) is 2. The Morgan fingerprint density at radius 3 is 2.27 bits per heavy atom. The number of anilines is 1. The summed E-state index contributed by atoms with van der Waals surface area (Å²) in [6, 6.07) is 19.5. The lowest BCUT2D eigenvalue weighted by molar-refractivity contribution is 0.0996. The van der Waals surface area contributed by atoms with Crippen LogP contribution in [0.15, 0.2) is 77.7 Å². The Morgan fingerprint density at radius 1 is 0.900 bits per heavy atom. The number of carbonyl (C=O) groups excluding carboxylic acids is 2. The highest BCUT2D eigenvalue weighted by atomic mass is 32.2. The minimum absolute atomic E-state index is 0.0321. The van der Waals surface area contributed by atoms with Crippen molar-refractivity contribution in [2.45, 2.75) is 4.90 Å². The SMILES string of the molecule is NS(=O)(=O)c1ccc2nc(NC(=O)c3ccccc3C(=O)c3ccccc3)sc2c1. The molecule has 3 N–H and O–H groups in total. The number of amides is 1. The van der Waals surface area contributed by atoms with Crippen LogP contribution in [0.2, 0.25) is 0 Å².